The summed E-state index contributed by atoms with van der Waals surface area (Å²) in [6, 6.07) is 4.62. The van der Waals surface area contributed by atoms with E-state index in [0.29, 0.717) is 24.3 Å². The van der Waals surface area contributed by atoms with E-state index < -0.39 is 5.54 Å². The third-order valence-electron chi connectivity index (χ3n) is 5.74. The number of hydrogen-bond acceptors (Lipinski definition) is 5. The van der Waals surface area contributed by atoms with Crippen molar-refractivity contribution in [1.29, 1.82) is 0 Å². The summed E-state index contributed by atoms with van der Waals surface area (Å²) < 4.78 is 5.54. The standard InChI is InChI=1S/C20H27N3O4.ClH/c1-12(2)20(3,11-21)22-17(24)13-6-7-15-16(9-13)19(26)23(18(15)25)10-14-5-4-8-27-14;/h6-7,9,12,14H,4-5,8,10-11,21H2,1-3H3,(H,22,24);1H. The van der Waals surface area contributed by atoms with Crippen LogP contribution in [0.3, 0.4) is 0 Å². The van der Waals surface area contributed by atoms with Gasteiger partial charge in [0, 0.05) is 18.7 Å². The number of ether oxygens (including phenoxy) is 1. The number of carbonyl (C=O) groups is 3. The van der Waals surface area contributed by atoms with Gasteiger partial charge in [-0.05, 0) is 43.9 Å². The van der Waals surface area contributed by atoms with E-state index in [0.717, 1.165) is 12.8 Å². The Morgan fingerprint density at radius 3 is 2.57 bits per heavy atom. The molecule has 3 amide bonds. The van der Waals surface area contributed by atoms with Crippen molar-refractivity contribution in [2.24, 2.45) is 11.7 Å². The van der Waals surface area contributed by atoms with Crippen molar-refractivity contribution in [1.82, 2.24) is 10.2 Å². The number of carbonyl (C=O) groups excluding carboxylic acids is 3. The Morgan fingerprint density at radius 1 is 1.32 bits per heavy atom. The van der Waals surface area contributed by atoms with E-state index >= 15 is 0 Å². The minimum atomic E-state index is -0.554. The number of nitrogens with zero attached hydrogens (tertiary/aromatic N) is 1. The summed E-state index contributed by atoms with van der Waals surface area (Å²) in [5.74, 6) is -0.861. The van der Waals surface area contributed by atoms with Crippen molar-refractivity contribution in [3.8, 4) is 0 Å². The zero-order chi connectivity index (χ0) is 19.8. The SMILES string of the molecule is CC(C)C(C)(CN)NC(=O)c1ccc2c(c1)C(=O)N(CC1CCCO1)C2=O.Cl. The molecule has 28 heavy (non-hydrogen) atoms. The molecule has 0 bridgehead atoms. The van der Waals surface area contributed by atoms with Crippen molar-refractivity contribution in [2.45, 2.75) is 45.3 Å². The van der Waals surface area contributed by atoms with E-state index in [9.17, 15) is 14.4 Å². The summed E-state index contributed by atoms with van der Waals surface area (Å²) >= 11 is 0. The minimum Gasteiger partial charge on any atom is -0.376 e. The lowest BCUT2D eigenvalue weighted by Crippen LogP contribution is -2.55. The molecule has 2 unspecified atom stereocenters. The number of amides is 3. The summed E-state index contributed by atoms with van der Waals surface area (Å²) in [6.45, 7) is 7.08. The minimum absolute atomic E-state index is 0. The Labute approximate surface area is 171 Å². The fraction of sp³-hybridized carbons (Fsp3) is 0.550. The normalized spacial score (nSPS) is 20.8. The molecule has 154 valence electrons. The van der Waals surface area contributed by atoms with E-state index in [2.05, 4.69) is 5.32 Å². The maximum atomic E-state index is 12.7. The number of imide groups is 1. The molecule has 1 aromatic rings. The van der Waals surface area contributed by atoms with Crippen LogP contribution in [-0.4, -0.2) is 54.0 Å². The smallest absolute Gasteiger partial charge is 0.261 e. The summed E-state index contributed by atoms with van der Waals surface area (Å²) in [5.41, 5.74) is 6.22. The van der Waals surface area contributed by atoms with Gasteiger partial charge in [-0.3, -0.25) is 19.3 Å². The molecule has 8 heteroatoms. The summed E-state index contributed by atoms with van der Waals surface area (Å²) in [7, 11) is 0. The Kier molecular flexibility index (Phi) is 6.85. The number of nitrogens with one attached hydrogen (secondary N) is 1. The molecule has 2 aliphatic rings. The molecular formula is C20H28ClN3O4. The molecule has 2 aliphatic heterocycles. The van der Waals surface area contributed by atoms with Gasteiger partial charge in [0.25, 0.3) is 17.7 Å². The van der Waals surface area contributed by atoms with Crippen LogP contribution >= 0.6 is 12.4 Å². The zero-order valence-electron chi connectivity index (χ0n) is 16.5. The number of fused-ring (bicyclic) bond motifs is 1. The highest BCUT2D eigenvalue weighted by atomic mass is 35.5. The number of benzene rings is 1. The van der Waals surface area contributed by atoms with E-state index in [4.69, 9.17) is 10.5 Å². The fourth-order valence-electron chi connectivity index (χ4n) is 3.35. The molecule has 0 spiro atoms. The van der Waals surface area contributed by atoms with Crippen LogP contribution in [0.2, 0.25) is 0 Å². The molecule has 0 saturated carbocycles. The van der Waals surface area contributed by atoms with Gasteiger partial charge >= 0.3 is 0 Å². The van der Waals surface area contributed by atoms with Gasteiger partial charge in [0.05, 0.1) is 29.3 Å². The maximum Gasteiger partial charge on any atom is 0.261 e. The third-order valence-corrected chi connectivity index (χ3v) is 5.74. The summed E-state index contributed by atoms with van der Waals surface area (Å²) in [4.78, 5) is 39.2. The van der Waals surface area contributed by atoms with Gasteiger partial charge in [-0.25, -0.2) is 0 Å². The molecule has 0 radical (unpaired) electrons. The number of halogens is 1. The van der Waals surface area contributed by atoms with Crippen LogP contribution < -0.4 is 11.1 Å². The van der Waals surface area contributed by atoms with Gasteiger partial charge in [-0.2, -0.15) is 0 Å². The molecule has 3 rings (SSSR count). The number of rotatable bonds is 6. The lowest BCUT2D eigenvalue weighted by molar-refractivity contribution is 0.0475. The monoisotopic (exact) mass is 409 g/mol. The second-order valence-corrected chi connectivity index (χ2v) is 7.85. The van der Waals surface area contributed by atoms with Gasteiger partial charge in [0.15, 0.2) is 0 Å². The first-order valence-corrected chi connectivity index (χ1v) is 9.41. The van der Waals surface area contributed by atoms with Crippen LogP contribution in [0.15, 0.2) is 18.2 Å². The predicted molar refractivity (Wildman–Crippen MR) is 108 cm³/mol. The van der Waals surface area contributed by atoms with Crippen molar-refractivity contribution < 1.29 is 19.1 Å². The van der Waals surface area contributed by atoms with Crippen LogP contribution in [-0.2, 0) is 4.74 Å². The fourth-order valence-corrected chi connectivity index (χ4v) is 3.35. The molecular weight excluding hydrogens is 382 g/mol. The highest BCUT2D eigenvalue weighted by Gasteiger charge is 2.38. The Hall–Kier alpha value is -1.96. The lowest BCUT2D eigenvalue weighted by atomic mass is 9.88. The quantitative estimate of drug-likeness (QED) is 0.699. The van der Waals surface area contributed by atoms with Crippen molar-refractivity contribution in [2.75, 3.05) is 19.7 Å². The van der Waals surface area contributed by atoms with Crippen molar-refractivity contribution in [3.05, 3.63) is 34.9 Å². The molecule has 1 fully saturated rings. The third kappa shape index (κ3) is 4.06. The van der Waals surface area contributed by atoms with Crippen LogP contribution in [0.4, 0.5) is 0 Å². The second kappa shape index (κ2) is 8.59. The van der Waals surface area contributed by atoms with Gasteiger partial charge in [-0.1, -0.05) is 13.8 Å². The van der Waals surface area contributed by atoms with Gasteiger partial charge < -0.3 is 15.8 Å². The molecule has 2 atom stereocenters. The average Bonchev–Trinajstić information content (AvgIpc) is 3.24. The average molecular weight is 410 g/mol. The summed E-state index contributed by atoms with van der Waals surface area (Å²) in [5, 5.41) is 2.95. The van der Waals surface area contributed by atoms with Gasteiger partial charge in [0.1, 0.15) is 0 Å². The largest absolute Gasteiger partial charge is 0.376 e. The first kappa shape index (κ1) is 22.3. The molecule has 1 saturated heterocycles. The Bertz CT molecular complexity index is 777. The van der Waals surface area contributed by atoms with Gasteiger partial charge in [0.2, 0.25) is 0 Å². The highest BCUT2D eigenvalue weighted by molar-refractivity contribution is 6.22. The second-order valence-electron chi connectivity index (χ2n) is 7.85. The predicted octanol–water partition coefficient (Wildman–Crippen LogP) is 1.99. The molecule has 1 aromatic carbocycles. The van der Waals surface area contributed by atoms with Gasteiger partial charge in [-0.15, -0.1) is 12.4 Å². The van der Waals surface area contributed by atoms with E-state index in [-0.39, 0.29) is 54.3 Å². The molecule has 0 aliphatic carbocycles. The van der Waals surface area contributed by atoms with Crippen LogP contribution in [0.5, 0.6) is 0 Å². The van der Waals surface area contributed by atoms with Crippen molar-refractivity contribution in [3.63, 3.8) is 0 Å². The van der Waals surface area contributed by atoms with Crippen LogP contribution in [0.25, 0.3) is 0 Å². The van der Waals surface area contributed by atoms with E-state index in [1.165, 1.54) is 11.0 Å². The lowest BCUT2D eigenvalue weighted by Gasteiger charge is -2.33. The first-order chi connectivity index (χ1) is 12.8. The molecule has 2 heterocycles. The molecule has 7 nitrogen and oxygen atoms in total. The Morgan fingerprint density at radius 2 is 2.00 bits per heavy atom. The molecule has 3 N–H and O–H groups in total. The topological polar surface area (TPSA) is 102 Å². The first-order valence-electron chi connectivity index (χ1n) is 9.41. The van der Waals surface area contributed by atoms with Crippen molar-refractivity contribution >= 4 is 30.1 Å². The number of hydrogen-bond donors (Lipinski definition) is 2. The molecule has 0 aromatic heterocycles. The van der Waals surface area contributed by atoms with Crippen LogP contribution in [0.1, 0.15) is 64.7 Å². The maximum absolute atomic E-state index is 12.7. The Balaban J connectivity index is 0.00000280. The van der Waals surface area contributed by atoms with Crippen LogP contribution in [0, 0.1) is 5.92 Å². The highest BCUT2D eigenvalue weighted by Crippen LogP contribution is 2.26. The van der Waals surface area contributed by atoms with E-state index in [1.54, 1.807) is 12.1 Å². The summed E-state index contributed by atoms with van der Waals surface area (Å²) in [6.07, 6.45) is 1.67. The van der Waals surface area contributed by atoms with E-state index in [1.807, 2.05) is 20.8 Å². The number of nitrogens with two attached hydrogens (primary N) is 1. The zero-order valence-corrected chi connectivity index (χ0v) is 17.3.